The summed E-state index contributed by atoms with van der Waals surface area (Å²) in [6.07, 6.45) is 0. The van der Waals surface area contributed by atoms with Crippen LogP contribution >= 0.6 is 0 Å². The van der Waals surface area contributed by atoms with Gasteiger partial charge in [0.1, 0.15) is 5.70 Å². The normalized spacial score (nSPS) is 13.9. The second-order valence-corrected chi connectivity index (χ2v) is 7.72. The van der Waals surface area contributed by atoms with E-state index in [-0.39, 0.29) is 18.4 Å². The summed E-state index contributed by atoms with van der Waals surface area (Å²) < 4.78 is 0. The maximum absolute atomic E-state index is 13.3. The van der Waals surface area contributed by atoms with E-state index in [4.69, 9.17) is 0 Å². The number of rotatable bonds is 5. The van der Waals surface area contributed by atoms with Crippen molar-refractivity contribution in [2.45, 2.75) is 27.3 Å². The van der Waals surface area contributed by atoms with Gasteiger partial charge in [0.25, 0.3) is 11.8 Å². The number of hydrogen-bond donors (Lipinski definition) is 1. The fourth-order valence-corrected chi connectivity index (χ4v) is 3.55. The Morgan fingerprint density at radius 1 is 0.767 bits per heavy atom. The summed E-state index contributed by atoms with van der Waals surface area (Å²) in [7, 11) is 0. The first kappa shape index (κ1) is 19.6. The Balaban J connectivity index is 1.72. The summed E-state index contributed by atoms with van der Waals surface area (Å²) >= 11 is 0. The molecule has 1 aliphatic rings. The van der Waals surface area contributed by atoms with Crippen LogP contribution in [0.15, 0.2) is 78.5 Å². The molecule has 3 aromatic rings. The third-order valence-electron chi connectivity index (χ3n) is 5.47. The van der Waals surface area contributed by atoms with Crippen LogP contribution in [0.3, 0.4) is 0 Å². The molecule has 2 amide bonds. The monoisotopic (exact) mass is 396 g/mol. The van der Waals surface area contributed by atoms with Crippen LogP contribution in [0.1, 0.15) is 27.8 Å². The van der Waals surface area contributed by atoms with Crippen LogP contribution in [-0.2, 0) is 16.1 Å². The highest BCUT2D eigenvalue weighted by Crippen LogP contribution is 2.31. The number of carbonyl (C=O) groups is 2. The summed E-state index contributed by atoms with van der Waals surface area (Å²) in [5.74, 6) is -0.587. The number of nitrogens with one attached hydrogen (secondary N) is 1. The Kier molecular flexibility index (Phi) is 5.23. The second kappa shape index (κ2) is 7.99. The van der Waals surface area contributed by atoms with Crippen molar-refractivity contribution in [1.29, 1.82) is 0 Å². The molecule has 0 fully saturated rings. The molecule has 1 heterocycles. The van der Waals surface area contributed by atoms with E-state index in [0.717, 1.165) is 27.9 Å². The Bertz CT molecular complexity index is 1150. The molecule has 0 unspecified atom stereocenters. The Labute approximate surface area is 176 Å². The fraction of sp³-hybridized carbons (Fsp3) is 0.154. The van der Waals surface area contributed by atoms with Gasteiger partial charge in [0, 0.05) is 5.69 Å². The average molecular weight is 396 g/mol. The number of benzene rings is 3. The number of hydrogen-bond acceptors (Lipinski definition) is 3. The molecular formula is C26H24N2O2. The number of aryl methyl sites for hydroxylation is 3. The van der Waals surface area contributed by atoms with Crippen molar-refractivity contribution in [3.05, 3.63) is 106 Å². The summed E-state index contributed by atoms with van der Waals surface area (Å²) in [4.78, 5) is 27.9. The van der Waals surface area contributed by atoms with E-state index >= 15 is 0 Å². The number of anilines is 1. The van der Waals surface area contributed by atoms with Crippen molar-refractivity contribution in [3.8, 4) is 0 Å². The van der Waals surface area contributed by atoms with Crippen LogP contribution in [0.5, 0.6) is 0 Å². The van der Waals surface area contributed by atoms with Gasteiger partial charge in [-0.1, -0.05) is 66.2 Å². The summed E-state index contributed by atoms with van der Waals surface area (Å²) in [6, 6.07) is 23.2. The van der Waals surface area contributed by atoms with Crippen LogP contribution in [0.4, 0.5) is 5.69 Å². The molecule has 1 N–H and O–H groups in total. The minimum atomic E-state index is -0.308. The summed E-state index contributed by atoms with van der Waals surface area (Å²) in [5.41, 5.74) is 6.60. The maximum Gasteiger partial charge on any atom is 0.278 e. The van der Waals surface area contributed by atoms with Gasteiger partial charge < -0.3 is 5.32 Å². The molecule has 1 aliphatic heterocycles. The van der Waals surface area contributed by atoms with Gasteiger partial charge in [0.2, 0.25) is 0 Å². The van der Waals surface area contributed by atoms with Crippen molar-refractivity contribution in [2.75, 3.05) is 5.32 Å². The maximum atomic E-state index is 13.3. The second-order valence-electron chi connectivity index (χ2n) is 7.72. The van der Waals surface area contributed by atoms with E-state index in [9.17, 15) is 9.59 Å². The van der Waals surface area contributed by atoms with Crippen molar-refractivity contribution in [2.24, 2.45) is 0 Å². The van der Waals surface area contributed by atoms with E-state index in [0.29, 0.717) is 11.3 Å². The largest absolute Gasteiger partial charge is 0.350 e. The lowest BCUT2D eigenvalue weighted by atomic mass is 10.0. The topological polar surface area (TPSA) is 49.4 Å². The van der Waals surface area contributed by atoms with Gasteiger partial charge in [-0.2, -0.15) is 0 Å². The summed E-state index contributed by atoms with van der Waals surface area (Å²) in [5, 5.41) is 3.23. The quantitative estimate of drug-likeness (QED) is 0.617. The molecule has 4 nitrogen and oxygen atoms in total. The highest BCUT2D eigenvalue weighted by molar-refractivity contribution is 6.36. The summed E-state index contributed by atoms with van der Waals surface area (Å²) in [6.45, 7) is 6.32. The molecule has 3 aromatic carbocycles. The highest BCUT2D eigenvalue weighted by atomic mass is 16.2. The lowest BCUT2D eigenvalue weighted by molar-refractivity contribution is -0.137. The Hall–Kier alpha value is -3.66. The smallest absolute Gasteiger partial charge is 0.278 e. The van der Waals surface area contributed by atoms with Gasteiger partial charge in [-0.15, -0.1) is 0 Å². The van der Waals surface area contributed by atoms with E-state index in [1.807, 2.05) is 93.6 Å². The lowest BCUT2D eigenvalue weighted by Gasteiger charge is -2.16. The molecule has 0 radical (unpaired) electrons. The van der Waals surface area contributed by atoms with E-state index < -0.39 is 0 Å². The average Bonchev–Trinajstić information content (AvgIpc) is 2.97. The third-order valence-corrected chi connectivity index (χ3v) is 5.47. The molecule has 0 aliphatic carbocycles. The van der Waals surface area contributed by atoms with Crippen molar-refractivity contribution in [3.63, 3.8) is 0 Å². The van der Waals surface area contributed by atoms with Crippen molar-refractivity contribution in [1.82, 2.24) is 4.90 Å². The van der Waals surface area contributed by atoms with Crippen LogP contribution < -0.4 is 5.32 Å². The molecule has 0 saturated heterocycles. The first-order valence-electron chi connectivity index (χ1n) is 10.00. The minimum Gasteiger partial charge on any atom is -0.350 e. The first-order valence-corrected chi connectivity index (χ1v) is 10.00. The van der Waals surface area contributed by atoms with Gasteiger partial charge in [0.15, 0.2) is 0 Å². The number of carbonyl (C=O) groups excluding carboxylic acids is 2. The van der Waals surface area contributed by atoms with Gasteiger partial charge in [-0.05, 0) is 55.2 Å². The minimum absolute atomic E-state index is 0.242. The van der Waals surface area contributed by atoms with Crippen LogP contribution in [0.2, 0.25) is 0 Å². The molecular weight excluding hydrogens is 372 g/mol. The van der Waals surface area contributed by atoms with Gasteiger partial charge in [0.05, 0.1) is 12.1 Å². The predicted octanol–water partition coefficient (Wildman–Crippen LogP) is 5.00. The molecule has 0 spiro atoms. The molecule has 150 valence electrons. The predicted molar refractivity (Wildman–Crippen MR) is 120 cm³/mol. The number of amides is 2. The zero-order valence-electron chi connectivity index (χ0n) is 17.4. The molecule has 0 saturated carbocycles. The molecule has 0 aromatic heterocycles. The molecule has 0 atom stereocenters. The van der Waals surface area contributed by atoms with Crippen LogP contribution in [0.25, 0.3) is 5.57 Å². The molecule has 4 heteroatoms. The van der Waals surface area contributed by atoms with E-state index in [2.05, 4.69) is 5.32 Å². The number of nitrogens with zero attached hydrogens (tertiary/aromatic N) is 1. The van der Waals surface area contributed by atoms with Crippen LogP contribution in [0, 0.1) is 20.8 Å². The zero-order chi connectivity index (χ0) is 21.3. The molecule has 0 bridgehead atoms. The molecule has 30 heavy (non-hydrogen) atoms. The number of imide groups is 1. The van der Waals surface area contributed by atoms with Crippen LogP contribution in [-0.4, -0.2) is 16.7 Å². The fourth-order valence-electron chi connectivity index (χ4n) is 3.55. The van der Waals surface area contributed by atoms with Crippen molar-refractivity contribution >= 4 is 23.1 Å². The third kappa shape index (κ3) is 3.77. The van der Waals surface area contributed by atoms with Crippen molar-refractivity contribution < 1.29 is 9.59 Å². The van der Waals surface area contributed by atoms with Gasteiger partial charge in [-0.3, -0.25) is 14.5 Å². The Morgan fingerprint density at radius 3 is 2.13 bits per heavy atom. The van der Waals surface area contributed by atoms with E-state index in [1.54, 1.807) is 0 Å². The highest BCUT2D eigenvalue weighted by Gasteiger charge is 2.39. The van der Waals surface area contributed by atoms with Gasteiger partial charge in [-0.25, -0.2) is 0 Å². The Morgan fingerprint density at radius 2 is 1.47 bits per heavy atom. The standard InChI is InChI=1S/C26H24N2O2/c1-17-9-12-20(13-10-17)16-28-25(29)23(21-7-5-4-6-8-21)24(26(28)30)27-22-14-11-18(2)19(3)15-22/h4-15,27H,16H2,1-3H3. The zero-order valence-corrected chi connectivity index (χ0v) is 17.4. The SMILES string of the molecule is Cc1ccc(CN2C(=O)C(Nc3ccc(C)c(C)c3)=C(c3ccccc3)C2=O)cc1. The molecule has 4 rings (SSSR count). The lowest BCUT2D eigenvalue weighted by Crippen LogP contribution is -2.32. The van der Waals surface area contributed by atoms with E-state index in [1.165, 1.54) is 10.5 Å². The first-order chi connectivity index (χ1) is 14.4. The van der Waals surface area contributed by atoms with Gasteiger partial charge >= 0.3 is 0 Å².